The van der Waals surface area contributed by atoms with Gasteiger partial charge in [0.05, 0.1) is 6.42 Å². The third kappa shape index (κ3) is 6.53. The second kappa shape index (κ2) is 10.1. The Morgan fingerprint density at radius 2 is 1.71 bits per heavy atom. The number of anilines is 1. The van der Waals surface area contributed by atoms with Gasteiger partial charge in [-0.1, -0.05) is 11.6 Å². The Morgan fingerprint density at radius 3 is 2.32 bits per heavy atom. The van der Waals surface area contributed by atoms with Crippen LogP contribution >= 0.6 is 11.6 Å². The molecule has 0 unspecified atom stereocenters. The molecule has 2 rings (SSSR count). The molecule has 1 N–H and O–H groups in total. The molecule has 0 atom stereocenters. The van der Waals surface area contributed by atoms with E-state index in [2.05, 4.69) is 5.32 Å². The first-order valence-corrected chi connectivity index (χ1v) is 9.39. The normalized spacial score (nSPS) is 13.8. The minimum atomic E-state index is -0.612. The summed E-state index contributed by atoms with van der Waals surface area (Å²) in [6, 6.07) is 5.03. The number of esters is 1. The summed E-state index contributed by atoms with van der Waals surface area (Å²) in [7, 11) is 0. The van der Waals surface area contributed by atoms with Crippen LogP contribution < -0.4 is 5.32 Å². The lowest BCUT2D eigenvalue weighted by atomic mass is 10.2. The van der Waals surface area contributed by atoms with Crippen molar-refractivity contribution in [2.24, 2.45) is 0 Å². The fraction of sp³-hybridized carbons (Fsp3) is 0.474. The SMILES string of the molecule is CC(=O)N1CCN(C(=O)CCC(=O)OCC(=O)Nc2ccc(Cl)cc2C)CC1. The smallest absolute Gasteiger partial charge is 0.306 e. The Hall–Kier alpha value is -2.61. The standard InChI is InChI=1S/C19H24ClN3O5/c1-13-11-15(20)3-4-16(13)21-17(25)12-28-19(27)6-5-18(26)23-9-7-22(8-10-23)14(2)24/h3-4,11H,5-10,12H2,1-2H3,(H,21,25). The number of carbonyl (C=O) groups is 4. The highest BCUT2D eigenvalue weighted by atomic mass is 35.5. The van der Waals surface area contributed by atoms with Crippen LogP contribution in [0.1, 0.15) is 25.3 Å². The Labute approximate surface area is 168 Å². The van der Waals surface area contributed by atoms with Crippen LogP contribution in [0.25, 0.3) is 0 Å². The lowest BCUT2D eigenvalue weighted by Crippen LogP contribution is -2.50. The van der Waals surface area contributed by atoms with Crippen molar-refractivity contribution in [1.29, 1.82) is 0 Å². The average molecular weight is 410 g/mol. The fourth-order valence-electron chi connectivity index (χ4n) is 2.81. The number of hydrogen-bond acceptors (Lipinski definition) is 5. The number of nitrogens with zero attached hydrogens (tertiary/aromatic N) is 2. The summed E-state index contributed by atoms with van der Waals surface area (Å²) in [4.78, 5) is 50.4. The van der Waals surface area contributed by atoms with Crippen molar-refractivity contribution in [3.05, 3.63) is 28.8 Å². The van der Waals surface area contributed by atoms with E-state index in [1.54, 1.807) is 34.9 Å². The van der Waals surface area contributed by atoms with Gasteiger partial charge in [-0.25, -0.2) is 0 Å². The topological polar surface area (TPSA) is 96.0 Å². The van der Waals surface area contributed by atoms with Gasteiger partial charge in [0.2, 0.25) is 11.8 Å². The molecule has 0 aromatic heterocycles. The van der Waals surface area contributed by atoms with E-state index in [1.165, 1.54) is 6.92 Å². The van der Waals surface area contributed by atoms with E-state index in [9.17, 15) is 19.2 Å². The molecule has 0 saturated carbocycles. The van der Waals surface area contributed by atoms with E-state index < -0.39 is 18.5 Å². The monoisotopic (exact) mass is 409 g/mol. The van der Waals surface area contributed by atoms with Crippen LogP contribution in [0.2, 0.25) is 5.02 Å². The summed E-state index contributed by atoms with van der Waals surface area (Å²) in [5.74, 6) is -1.26. The molecule has 1 aromatic carbocycles. The first-order valence-electron chi connectivity index (χ1n) is 9.01. The summed E-state index contributed by atoms with van der Waals surface area (Å²) in [5.41, 5.74) is 1.38. The molecule has 1 heterocycles. The number of carbonyl (C=O) groups excluding carboxylic acids is 4. The second-order valence-electron chi connectivity index (χ2n) is 6.55. The number of ether oxygens (including phenoxy) is 1. The number of rotatable bonds is 6. The van der Waals surface area contributed by atoms with Crippen LogP contribution in [0.4, 0.5) is 5.69 Å². The molecule has 8 nitrogen and oxygen atoms in total. The zero-order valence-corrected chi connectivity index (χ0v) is 16.8. The molecule has 0 bridgehead atoms. The summed E-state index contributed by atoms with van der Waals surface area (Å²) in [5, 5.41) is 3.20. The van der Waals surface area contributed by atoms with Crippen LogP contribution in [0.15, 0.2) is 18.2 Å². The number of piperazine rings is 1. The molecular formula is C19H24ClN3O5. The van der Waals surface area contributed by atoms with Crippen molar-refractivity contribution >= 4 is 41.0 Å². The minimum absolute atomic E-state index is 0.0107. The van der Waals surface area contributed by atoms with Crippen molar-refractivity contribution in [1.82, 2.24) is 9.80 Å². The highest BCUT2D eigenvalue weighted by molar-refractivity contribution is 6.30. The highest BCUT2D eigenvalue weighted by Crippen LogP contribution is 2.19. The predicted molar refractivity (Wildman–Crippen MR) is 104 cm³/mol. The zero-order chi connectivity index (χ0) is 20.7. The molecule has 1 fully saturated rings. The molecule has 1 aliphatic rings. The van der Waals surface area contributed by atoms with Crippen molar-refractivity contribution < 1.29 is 23.9 Å². The number of nitrogens with one attached hydrogen (secondary N) is 1. The number of hydrogen-bond donors (Lipinski definition) is 1. The molecule has 0 spiro atoms. The van der Waals surface area contributed by atoms with E-state index in [0.29, 0.717) is 36.9 Å². The third-order valence-corrected chi connectivity index (χ3v) is 4.68. The molecular weight excluding hydrogens is 386 g/mol. The van der Waals surface area contributed by atoms with Gasteiger partial charge in [-0.2, -0.15) is 0 Å². The Kier molecular flexibility index (Phi) is 7.80. The molecule has 1 aromatic rings. The number of halogens is 1. The van der Waals surface area contributed by atoms with E-state index in [4.69, 9.17) is 16.3 Å². The number of benzene rings is 1. The largest absolute Gasteiger partial charge is 0.456 e. The zero-order valence-electron chi connectivity index (χ0n) is 16.0. The average Bonchev–Trinajstić information content (AvgIpc) is 2.66. The molecule has 1 saturated heterocycles. The van der Waals surface area contributed by atoms with Crippen molar-refractivity contribution in [2.45, 2.75) is 26.7 Å². The Morgan fingerprint density at radius 1 is 1.07 bits per heavy atom. The van der Waals surface area contributed by atoms with Crippen molar-refractivity contribution in [3.8, 4) is 0 Å². The molecule has 0 aliphatic carbocycles. The Balaban J connectivity index is 1.67. The van der Waals surface area contributed by atoms with E-state index >= 15 is 0 Å². The fourth-order valence-corrected chi connectivity index (χ4v) is 3.04. The summed E-state index contributed by atoms with van der Waals surface area (Å²) < 4.78 is 4.93. The van der Waals surface area contributed by atoms with E-state index in [0.717, 1.165) is 5.56 Å². The molecule has 28 heavy (non-hydrogen) atoms. The van der Waals surface area contributed by atoms with Crippen molar-refractivity contribution in [2.75, 3.05) is 38.1 Å². The summed E-state index contributed by atoms with van der Waals surface area (Å²) in [6.45, 7) is 4.78. The first kappa shape index (κ1) is 21.7. The van der Waals surface area contributed by atoms with Gasteiger partial charge in [0.25, 0.3) is 5.91 Å². The van der Waals surface area contributed by atoms with Gasteiger partial charge in [0, 0.05) is 50.2 Å². The molecule has 3 amide bonds. The van der Waals surface area contributed by atoms with Gasteiger partial charge in [-0.15, -0.1) is 0 Å². The van der Waals surface area contributed by atoms with Crippen molar-refractivity contribution in [3.63, 3.8) is 0 Å². The van der Waals surface area contributed by atoms with Crippen LogP contribution in [-0.2, 0) is 23.9 Å². The predicted octanol–water partition coefficient (Wildman–Crippen LogP) is 1.60. The van der Waals surface area contributed by atoms with Gasteiger partial charge in [-0.3, -0.25) is 19.2 Å². The second-order valence-corrected chi connectivity index (χ2v) is 6.99. The van der Waals surface area contributed by atoms with Crippen LogP contribution in [-0.4, -0.2) is 66.3 Å². The van der Waals surface area contributed by atoms with E-state index in [1.807, 2.05) is 0 Å². The molecule has 0 radical (unpaired) electrons. The third-order valence-electron chi connectivity index (χ3n) is 4.45. The van der Waals surface area contributed by atoms with Crippen LogP contribution in [0.5, 0.6) is 0 Å². The van der Waals surface area contributed by atoms with Gasteiger partial charge in [-0.05, 0) is 30.7 Å². The molecule has 152 valence electrons. The van der Waals surface area contributed by atoms with Gasteiger partial charge in [0.15, 0.2) is 6.61 Å². The number of aryl methyl sites for hydroxylation is 1. The maximum atomic E-state index is 12.1. The summed E-state index contributed by atoms with van der Waals surface area (Å²) in [6.07, 6.45) is -0.0875. The Bertz CT molecular complexity index is 760. The quantitative estimate of drug-likeness (QED) is 0.720. The van der Waals surface area contributed by atoms with Gasteiger partial charge >= 0.3 is 5.97 Å². The van der Waals surface area contributed by atoms with Gasteiger partial charge in [0.1, 0.15) is 0 Å². The summed E-state index contributed by atoms with van der Waals surface area (Å²) >= 11 is 5.86. The maximum absolute atomic E-state index is 12.1. The van der Waals surface area contributed by atoms with E-state index in [-0.39, 0.29) is 24.7 Å². The maximum Gasteiger partial charge on any atom is 0.306 e. The van der Waals surface area contributed by atoms with Crippen LogP contribution in [0, 0.1) is 6.92 Å². The lowest BCUT2D eigenvalue weighted by Gasteiger charge is -2.34. The van der Waals surface area contributed by atoms with Gasteiger partial charge < -0.3 is 19.9 Å². The molecule has 9 heteroatoms. The lowest BCUT2D eigenvalue weighted by molar-refractivity contribution is -0.149. The number of amides is 3. The first-order chi connectivity index (χ1) is 13.3. The molecule has 1 aliphatic heterocycles. The minimum Gasteiger partial charge on any atom is -0.456 e. The highest BCUT2D eigenvalue weighted by Gasteiger charge is 2.22. The van der Waals surface area contributed by atoms with Crippen LogP contribution in [0.3, 0.4) is 0 Å².